The Balaban J connectivity index is 3.11. The highest BCUT2D eigenvalue weighted by Crippen LogP contribution is 2.22. The van der Waals surface area contributed by atoms with Crippen molar-refractivity contribution in [2.45, 2.75) is 13.1 Å². The monoisotopic (exact) mass is 236 g/mol. The van der Waals surface area contributed by atoms with Crippen LogP contribution in [0, 0.1) is 6.92 Å². The standard InChI is InChI=1S/C8H7F3N2O3/c1-4-3-5(13-16-4)12-6(7(14)15-2)8(9,10)11/h3H,1-2H3. The number of aryl methyl sites for hydroxylation is 1. The summed E-state index contributed by atoms with van der Waals surface area (Å²) < 4.78 is 45.6. The van der Waals surface area contributed by atoms with Crippen LogP contribution in [0.2, 0.25) is 0 Å². The molecule has 0 saturated carbocycles. The second-order valence-electron chi connectivity index (χ2n) is 2.75. The summed E-state index contributed by atoms with van der Waals surface area (Å²) in [5, 5.41) is 3.22. The third kappa shape index (κ3) is 2.81. The van der Waals surface area contributed by atoms with Gasteiger partial charge in [0.15, 0.2) is 5.82 Å². The lowest BCUT2D eigenvalue weighted by molar-refractivity contribution is -0.137. The molecule has 0 atom stereocenters. The van der Waals surface area contributed by atoms with Crippen LogP contribution in [0.1, 0.15) is 5.76 Å². The molecular weight excluding hydrogens is 229 g/mol. The zero-order chi connectivity index (χ0) is 12.3. The molecular formula is C8H7F3N2O3. The van der Waals surface area contributed by atoms with Gasteiger partial charge in [0, 0.05) is 6.07 Å². The first-order valence-electron chi connectivity index (χ1n) is 4.02. The minimum atomic E-state index is -4.90. The number of aromatic nitrogens is 1. The van der Waals surface area contributed by atoms with E-state index in [1.54, 1.807) is 0 Å². The number of esters is 1. The molecule has 0 aliphatic heterocycles. The molecule has 0 saturated heterocycles. The molecule has 5 nitrogen and oxygen atoms in total. The zero-order valence-electron chi connectivity index (χ0n) is 8.33. The van der Waals surface area contributed by atoms with Gasteiger partial charge in [-0.3, -0.25) is 0 Å². The second kappa shape index (κ2) is 4.33. The highest BCUT2D eigenvalue weighted by molar-refractivity contribution is 6.39. The van der Waals surface area contributed by atoms with Gasteiger partial charge in [-0.2, -0.15) is 13.2 Å². The molecule has 0 aromatic carbocycles. The molecule has 88 valence electrons. The fourth-order valence-electron chi connectivity index (χ4n) is 0.842. The molecule has 0 aliphatic rings. The van der Waals surface area contributed by atoms with Crippen LogP contribution in [0.15, 0.2) is 15.6 Å². The molecule has 1 aromatic heterocycles. The molecule has 0 bridgehead atoms. The summed E-state index contributed by atoms with van der Waals surface area (Å²) in [6.45, 7) is 1.48. The van der Waals surface area contributed by atoms with Crippen LogP contribution in [0.25, 0.3) is 0 Å². The Morgan fingerprint density at radius 2 is 2.19 bits per heavy atom. The van der Waals surface area contributed by atoms with Crippen molar-refractivity contribution in [3.63, 3.8) is 0 Å². The minimum absolute atomic E-state index is 0.283. The van der Waals surface area contributed by atoms with E-state index < -0.39 is 17.9 Å². The predicted molar refractivity (Wildman–Crippen MR) is 46.4 cm³/mol. The number of hydrogen-bond acceptors (Lipinski definition) is 5. The highest BCUT2D eigenvalue weighted by atomic mass is 19.4. The van der Waals surface area contributed by atoms with Crippen molar-refractivity contribution >= 4 is 17.5 Å². The van der Waals surface area contributed by atoms with E-state index in [1.165, 1.54) is 6.92 Å². The molecule has 16 heavy (non-hydrogen) atoms. The molecule has 1 aromatic rings. The van der Waals surface area contributed by atoms with Crippen molar-refractivity contribution < 1.29 is 27.2 Å². The number of nitrogens with zero attached hydrogens (tertiary/aromatic N) is 2. The molecule has 0 amide bonds. The quantitative estimate of drug-likeness (QED) is 0.580. The van der Waals surface area contributed by atoms with Crippen LogP contribution in [-0.4, -0.2) is 30.1 Å². The number of methoxy groups -OCH3 is 1. The lowest BCUT2D eigenvalue weighted by Gasteiger charge is -2.06. The van der Waals surface area contributed by atoms with Crippen molar-refractivity contribution in [2.24, 2.45) is 4.99 Å². The molecule has 8 heteroatoms. The van der Waals surface area contributed by atoms with Crippen LogP contribution in [0.5, 0.6) is 0 Å². The number of carbonyl (C=O) groups is 1. The SMILES string of the molecule is COC(=O)C(=Nc1cc(C)on1)C(F)(F)F. The van der Waals surface area contributed by atoms with E-state index in [2.05, 4.69) is 19.4 Å². The highest BCUT2D eigenvalue weighted by Gasteiger charge is 2.42. The predicted octanol–water partition coefficient (Wildman–Crippen LogP) is 1.79. The average molecular weight is 236 g/mol. The van der Waals surface area contributed by atoms with Gasteiger partial charge in [0.05, 0.1) is 7.11 Å². The van der Waals surface area contributed by atoms with Gasteiger partial charge in [-0.1, -0.05) is 5.16 Å². The second-order valence-corrected chi connectivity index (χ2v) is 2.75. The average Bonchev–Trinajstić information content (AvgIpc) is 2.57. The van der Waals surface area contributed by atoms with Gasteiger partial charge in [0.25, 0.3) is 0 Å². The van der Waals surface area contributed by atoms with Gasteiger partial charge in [0.1, 0.15) is 5.76 Å². The number of aliphatic imine (C=N–C) groups is 1. The number of carbonyl (C=O) groups excluding carboxylic acids is 1. The molecule has 0 N–H and O–H groups in total. The molecule has 1 rings (SSSR count). The molecule has 0 radical (unpaired) electrons. The Bertz CT molecular complexity index is 422. The maximum Gasteiger partial charge on any atom is 0.440 e. The van der Waals surface area contributed by atoms with Crippen LogP contribution in [-0.2, 0) is 9.53 Å². The fraction of sp³-hybridized carbons (Fsp3) is 0.375. The summed E-state index contributed by atoms with van der Waals surface area (Å²) in [5.74, 6) is -1.63. The summed E-state index contributed by atoms with van der Waals surface area (Å²) >= 11 is 0. The Hall–Kier alpha value is -1.86. The third-order valence-electron chi connectivity index (χ3n) is 1.49. The normalized spacial score (nSPS) is 12.7. The van der Waals surface area contributed by atoms with Crippen molar-refractivity contribution in [1.29, 1.82) is 0 Å². The first-order chi connectivity index (χ1) is 7.34. The van der Waals surface area contributed by atoms with E-state index in [0.29, 0.717) is 0 Å². The van der Waals surface area contributed by atoms with E-state index in [0.717, 1.165) is 13.2 Å². The minimum Gasteiger partial charge on any atom is -0.464 e. The number of hydrogen-bond donors (Lipinski definition) is 0. The van der Waals surface area contributed by atoms with Crippen molar-refractivity contribution in [3.05, 3.63) is 11.8 Å². The van der Waals surface area contributed by atoms with E-state index in [1.807, 2.05) is 0 Å². The molecule has 0 fully saturated rings. The fourth-order valence-corrected chi connectivity index (χ4v) is 0.842. The van der Waals surface area contributed by atoms with Crippen LogP contribution in [0.4, 0.5) is 19.0 Å². The summed E-state index contributed by atoms with van der Waals surface area (Å²) in [5.41, 5.74) is -1.68. The molecule has 0 spiro atoms. The molecule has 1 heterocycles. The topological polar surface area (TPSA) is 64.7 Å². The Labute approximate surface area is 87.9 Å². The van der Waals surface area contributed by atoms with Crippen LogP contribution < -0.4 is 0 Å². The van der Waals surface area contributed by atoms with Gasteiger partial charge >= 0.3 is 12.1 Å². The van der Waals surface area contributed by atoms with Gasteiger partial charge in [-0.25, -0.2) is 9.79 Å². The van der Waals surface area contributed by atoms with Gasteiger partial charge in [0.2, 0.25) is 5.71 Å². The van der Waals surface area contributed by atoms with Gasteiger partial charge < -0.3 is 9.26 Å². The van der Waals surface area contributed by atoms with Crippen molar-refractivity contribution in [3.8, 4) is 0 Å². The summed E-state index contributed by atoms with van der Waals surface area (Å²) in [7, 11) is 0.831. The lowest BCUT2D eigenvalue weighted by atomic mass is 10.3. The maximum absolute atomic E-state index is 12.4. The van der Waals surface area contributed by atoms with Crippen molar-refractivity contribution in [1.82, 2.24) is 5.16 Å². The Kier molecular flexibility index (Phi) is 3.31. The van der Waals surface area contributed by atoms with Crippen molar-refractivity contribution in [2.75, 3.05) is 7.11 Å². The Morgan fingerprint density at radius 1 is 1.56 bits per heavy atom. The van der Waals surface area contributed by atoms with E-state index in [4.69, 9.17) is 0 Å². The first kappa shape index (κ1) is 12.2. The number of alkyl halides is 3. The maximum atomic E-state index is 12.4. The van der Waals surface area contributed by atoms with E-state index in [-0.39, 0.29) is 11.6 Å². The third-order valence-corrected chi connectivity index (χ3v) is 1.49. The summed E-state index contributed by atoms with van der Waals surface area (Å²) in [4.78, 5) is 13.9. The zero-order valence-corrected chi connectivity index (χ0v) is 8.33. The van der Waals surface area contributed by atoms with E-state index in [9.17, 15) is 18.0 Å². The largest absolute Gasteiger partial charge is 0.464 e. The van der Waals surface area contributed by atoms with E-state index >= 15 is 0 Å². The number of ether oxygens (including phenoxy) is 1. The van der Waals surface area contributed by atoms with Gasteiger partial charge in [-0.05, 0) is 6.92 Å². The number of halogens is 3. The molecule has 0 unspecified atom stereocenters. The van der Waals surface area contributed by atoms with Gasteiger partial charge in [-0.15, -0.1) is 0 Å². The number of rotatable bonds is 2. The first-order valence-corrected chi connectivity index (χ1v) is 4.02. The lowest BCUT2D eigenvalue weighted by Crippen LogP contribution is -2.31. The summed E-state index contributed by atoms with van der Waals surface area (Å²) in [6, 6.07) is 1.16. The summed E-state index contributed by atoms with van der Waals surface area (Å²) in [6.07, 6.45) is -4.90. The Morgan fingerprint density at radius 3 is 2.56 bits per heavy atom. The van der Waals surface area contributed by atoms with Crippen LogP contribution in [0.3, 0.4) is 0 Å². The smallest absolute Gasteiger partial charge is 0.440 e. The molecule has 0 aliphatic carbocycles. The van der Waals surface area contributed by atoms with Crippen LogP contribution >= 0.6 is 0 Å².